The van der Waals surface area contributed by atoms with Crippen molar-refractivity contribution in [1.82, 2.24) is 0 Å². The Bertz CT molecular complexity index is 444. The summed E-state index contributed by atoms with van der Waals surface area (Å²) in [6, 6.07) is 4.09. The number of hydrogen-bond donors (Lipinski definition) is 2. The van der Waals surface area contributed by atoms with Gasteiger partial charge in [-0.3, -0.25) is 0 Å². The normalized spacial score (nSPS) is 11.2. The Morgan fingerprint density at radius 1 is 1.06 bits per heavy atom. The number of hydrogen-bond acceptors (Lipinski definition) is 4. The van der Waals surface area contributed by atoms with Gasteiger partial charge in [-0.05, 0) is 25.0 Å². The fourth-order valence-corrected chi connectivity index (χ4v) is 4.23. The van der Waals surface area contributed by atoms with Crippen molar-refractivity contribution >= 4 is 44.0 Å². The Hall–Kier alpha value is -0.355. The van der Waals surface area contributed by atoms with E-state index >= 15 is 0 Å². The first-order chi connectivity index (χ1) is 8.20. The monoisotopic (exact) mass is 268 g/mol. The highest BCUT2D eigenvalue weighted by Crippen LogP contribution is 2.30. The number of rotatable bonds is 6. The van der Waals surface area contributed by atoms with Crippen molar-refractivity contribution in [3.8, 4) is 0 Å². The van der Waals surface area contributed by atoms with Gasteiger partial charge in [0, 0.05) is 19.1 Å². The summed E-state index contributed by atoms with van der Waals surface area (Å²) in [4.78, 5) is 1.42. The summed E-state index contributed by atoms with van der Waals surface area (Å²) >= 11 is 3.26. The summed E-state index contributed by atoms with van der Waals surface area (Å²) in [5.74, 6) is 0. The fourth-order valence-electron chi connectivity index (χ4n) is 1.88. The third kappa shape index (κ3) is 3.31. The van der Waals surface area contributed by atoms with Crippen LogP contribution in [0.1, 0.15) is 37.5 Å². The molecule has 0 saturated carbocycles. The van der Waals surface area contributed by atoms with Crippen LogP contribution in [0, 0.1) is 0 Å². The van der Waals surface area contributed by atoms with Gasteiger partial charge in [0.15, 0.2) is 0 Å². The lowest BCUT2D eigenvalue weighted by Crippen LogP contribution is -2.26. The maximum absolute atomic E-state index is 9.08. The molecule has 2 aromatic heterocycles. The average molecular weight is 268 g/mol. The first kappa shape index (κ1) is 13.1. The molecule has 0 unspecified atom stereocenters. The highest BCUT2D eigenvalue weighted by molar-refractivity contribution is 7.33. The van der Waals surface area contributed by atoms with Gasteiger partial charge >= 0.3 is 7.12 Å². The molecule has 0 aliphatic carbocycles. The van der Waals surface area contributed by atoms with Crippen molar-refractivity contribution in [1.29, 1.82) is 0 Å². The molecule has 0 aliphatic rings. The largest absolute Gasteiger partial charge is 0.499 e. The van der Waals surface area contributed by atoms with E-state index in [4.69, 9.17) is 10.0 Å². The number of fused-ring (bicyclic) bond motifs is 1. The lowest BCUT2D eigenvalue weighted by Gasteiger charge is -1.96. The van der Waals surface area contributed by atoms with E-state index in [-0.39, 0.29) is 0 Å². The Kier molecular flexibility index (Phi) is 4.62. The molecule has 92 valence electrons. The zero-order valence-electron chi connectivity index (χ0n) is 9.98. The lowest BCUT2D eigenvalue weighted by molar-refractivity contribution is 0.427. The predicted molar refractivity (Wildman–Crippen MR) is 77.4 cm³/mol. The van der Waals surface area contributed by atoms with Crippen LogP contribution >= 0.6 is 22.7 Å². The Balaban J connectivity index is 1.98. The molecule has 0 atom stereocenters. The van der Waals surface area contributed by atoms with Crippen LogP contribution < -0.4 is 4.78 Å². The molecule has 2 N–H and O–H groups in total. The highest BCUT2D eigenvalue weighted by atomic mass is 32.1. The molecule has 5 heteroatoms. The number of aryl methyl sites for hydroxylation is 1. The minimum atomic E-state index is -1.33. The van der Waals surface area contributed by atoms with Gasteiger partial charge in [-0.1, -0.05) is 26.2 Å². The Labute approximate surface area is 110 Å². The van der Waals surface area contributed by atoms with Gasteiger partial charge in [0.05, 0.1) is 0 Å². The summed E-state index contributed by atoms with van der Waals surface area (Å²) in [6.07, 6.45) is 6.32. The van der Waals surface area contributed by atoms with Gasteiger partial charge in [0.1, 0.15) is 0 Å². The molecule has 2 rings (SSSR count). The zero-order valence-corrected chi connectivity index (χ0v) is 11.6. The van der Waals surface area contributed by atoms with Crippen LogP contribution in [0.4, 0.5) is 0 Å². The third-order valence-corrected chi connectivity index (χ3v) is 5.20. The number of unbranched alkanes of at least 4 members (excludes halogenated alkanes) is 3. The topological polar surface area (TPSA) is 40.5 Å². The van der Waals surface area contributed by atoms with Gasteiger partial charge in [-0.15, -0.1) is 22.7 Å². The molecule has 0 bridgehead atoms. The first-order valence-corrected chi connectivity index (χ1v) is 7.72. The third-order valence-electron chi connectivity index (χ3n) is 2.81. The fraction of sp³-hybridized carbons (Fsp3) is 0.500. The van der Waals surface area contributed by atoms with Crippen molar-refractivity contribution in [3.05, 3.63) is 17.0 Å². The van der Waals surface area contributed by atoms with Crippen LogP contribution in [-0.4, -0.2) is 17.2 Å². The van der Waals surface area contributed by atoms with Crippen molar-refractivity contribution in [3.63, 3.8) is 0 Å². The quantitative estimate of drug-likeness (QED) is 0.624. The minimum absolute atomic E-state index is 0.642. The number of thiophene rings is 2. The Morgan fingerprint density at radius 2 is 1.82 bits per heavy atom. The second-order valence-electron chi connectivity index (χ2n) is 4.27. The van der Waals surface area contributed by atoms with Gasteiger partial charge in [-0.2, -0.15) is 0 Å². The van der Waals surface area contributed by atoms with Crippen molar-refractivity contribution in [2.75, 3.05) is 0 Å². The molecule has 0 aliphatic heterocycles. The SMILES string of the molecule is CCCCCCc1cc2sc(B(O)O)cc2s1. The van der Waals surface area contributed by atoms with Gasteiger partial charge < -0.3 is 10.0 Å². The molecule has 17 heavy (non-hydrogen) atoms. The predicted octanol–water partition coefficient (Wildman–Crippen LogP) is 2.77. The van der Waals surface area contributed by atoms with E-state index in [0.717, 1.165) is 6.42 Å². The zero-order chi connectivity index (χ0) is 12.3. The maximum Gasteiger partial charge on any atom is 0.499 e. The lowest BCUT2D eigenvalue weighted by atomic mass is 9.90. The standard InChI is InChI=1S/C12H17BO2S2/c1-2-3-4-5-6-9-7-10-11(16-9)8-12(17-10)13(14)15/h7-8,14-15H,2-6H2,1H3. The van der Waals surface area contributed by atoms with Crippen LogP contribution in [0.25, 0.3) is 9.40 Å². The van der Waals surface area contributed by atoms with Crippen LogP contribution in [-0.2, 0) is 6.42 Å². The van der Waals surface area contributed by atoms with Crippen molar-refractivity contribution in [2.24, 2.45) is 0 Å². The Morgan fingerprint density at radius 3 is 2.47 bits per heavy atom. The van der Waals surface area contributed by atoms with E-state index in [0.29, 0.717) is 4.78 Å². The van der Waals surface area contributed by atoms with Crippen LogP contribution in [0.3, 0.4) is 0 Å². The van der Waals surface area contributed by atoms with E-state index in [9.17, 15) is 0 Å². The van der Waals surface area contributed by atoms with Crippen LogP contribution in [0.2, 0.25) is 0 Å². The molecule has 2 heterocycles. The van der Waals surface area contributed by atoms with Crippen LogP contribution in [0.5, 0.6) is 0 Å². The molecule has 0 saturated heterocycles. The van der Waals surface area contributed by atoms with Gasteiger partial charge in [0.25, 0.3) is 0 Å². The molecule has 0 spiro atoms. The molecular weight excluding hydrogens is 251 g/mol. The molecule has 0 radical (unpaired) electrons. The molecule has 0 fully saturated rings. The highest BCUT2D eigenvalue weighted by Gasteiger charge is 2.16. The van der Waals surface area contributed by atoms with Crippen molar-refractivity contribution < 1.29 is 10.0 Å². The second-order valence-corrected chi connectivity index (χ2v) is 6.56. The summed E-state index contributed by atoms with van der Waals surface area (Å²) in [6.45, 7) is 2.23. The average Bonchev–Trinajstić information content (AvgIpc) is 2.81. The first-order valence-electron chi connectivity index (χ1n) is 6.09. The van der Waals surface area contributed by atoms with E-state index in [1.165, 1.54) is 51.3 Å². The second kappa shape index (κ2) is 6.00. The molecule has 2 aromatic rings. The summed E-state index contributed by atoms with van der Waals surface area (Å²) in [5, 5.41) is 18.2. The molecule has 0 amide bonds. The molecule has 0 aromatic carbocycles. The smallest absolute Gasteiger partial charge is 0.423 e. The van der Waals surface area contributed by atoms with Gasteiger partial charge in [0.2, 0.25) is 0 Å². The van der Waals surface area contributed by atoms with E-state index in [2.05, 4.69) is 13.0 Å². The van der Waals surface area contributed by atoms with E-state index in [1.807, 2.05) is 6.07 Å². The van der Waals surface area contributed by atoms with Crippen LogP contribution in [0.15, 0.2) is 12.1 Å². The summed E-state index contributed by atoms with van der Waals surface area (Å²) in [5.41, 5.74) is 0. The molecular formula is C12H17BO2S2. The summed E-state index contributed by atoms with van der Waals surface area (Å²) < 4.78 is 3.01. The maximum atomic E-state index is 9.08. The summed E-state index contributed by atoms with van der Waals surface area (Å²) in [7, 11) is -1.33. The van der Waals surface area contributed by atoms with E-state index in [1.54, 1.807) is 11.3 Å². The molecule has 2 nitrogen and oxygen atoms in total. The van der Waals surface area contributed by atoms with Gasteiger partial charge in [-0.25, -0.2) is 0 Å². The van der Waals surface area contributed by atoms with Crippen molar-refractivity contribution in [2.45, 2.75) is 39.0 Å². The van der Waals surface area contributed by atoms with E-state index < -0.39 is 7.12 Å². The minimum Gasteiger partial charge on any atom is -0.423 e.